The van der Waals surface area contributed by atoms with Crippen LogP contribution in [-0.4, -0.2) is 64.1 Å². The summed E-state index contributed by atoms with van der Waals surface area (Å²) in [6, 6.07) is 0. The normalized spacial score (nSPS) is 13.9. The maximum Gasteiger partial charge on any atom is 0.227 e. The van der Waals surface area contributed by atoms with Gasteiger partial charge in [0.15, 0.2) is 0 Å². The van der Waals surface area contributed by atoms with E-state index in [1.54, 1.807) is 13.1 Å². The van der Waals surface area contributed by atoms with Crippen LogP contribution in [0.4, 0.5) is 11.8 Å². The zero-order valence-corrected chi connectivity index (χ0v) is 15.8. The minimum Gasteiger partial charge on any atom is -0.370 e. The molecule has 1 N–H and O–H groups in total. The lowest BCUT2D eigenvalue weighted by molar-refractivity contribution is -0.128. The van der Waals surface area contributed by atoms with Gasteiger partial charge in [-0.25, -0.2) is 9.97 Å². The number of aromatic nitrogens is 4. The lowest BCUT2D eigenvalue weighted by Crippen LogP contribution is -2.31. The highest BCUT2D eigenvalue weighted by atomic mass is 16.2. The summed E-state index contributed by atoms with van der Waals surface area (Å²) in [6.07, 6.45) is 8.12. The minimum absolute atomic E-state index is 0.119. The van der Waals surface area contributed by atoms with Gasteiger partial charge in [0.1, 0.15) is 5.82 Å². The number of carbonyl (C=O) groups is 1. The number of nitrogens with one attached hydrogen (secondary N) is 1. The van der Waals surface area contributed by atoms with Crippen molar-refractivity contribution in [2.75, 3.05) is 43.9 Å². The molecule has 2 aromatic rings. The second-order valence-corrected chi connectivity index (χ2v) is 6.78. The Balaban J connectivity index is 1.73. The molecule has 0 aliphatic carbocycles. The second kappa shape index (κ2) is 8.16. The number of aryl methyl sites for hydroxylation is 1. The molecule has 8 nitrogen and oxygen atoms in total. The Bertz CT molecular complexity index is 742. The van der Waals surface area contributed by atoms with Crippen molar-refractivity contribution in [1.82, 2.24) is 24.4 Å². The molecule has 0 saturated heterocycles. The Hall–Kier alpha value is -2.64. The van der Waals surface area contributed by atoms with Gasteiger partial charge in [0.05, 0.1) is 12.0 Å². The molecule has 0 saturated carbocycles. The molecule has 0 radical (unpaired) electrons. The van der Waals surface area contributed by atoms with Crippen molar-refractivity contribution in [3.05, 3.63) is 30.0 Å². The first-order chi connectivity index (χ1) is 12.5. The first-order valence-corrected chi connectivity index (χ1v) is 9.07. The number of hydrogen-bond donors (Lipinski definition) is 1. The lowest BCUT2D eigenvalue weighted by atomic mass is 10.1. The molecule has 1 aliphatic rings. The molecule has 0 fully saturated rings. The number of hydrogen-bond acceptors (Lipinski definition) is 6. The summed E-state index contributed by atoms with van der Waals surface area (Å²) in [6.45, 7) is 4.80. The first-order valence-electron chi connectivity index (χ1n) is 9.07. The largest absolute Gasteiger partial charge is 0.370 e. The van der Waals surface area contributed by atoms with Crippen molar-refractivity contribution in [2.45, 2.75) is 32.7 Å². The van der Waals surface area contributed by atoms with Gasteiger partial charge in [-0.05, 0) is 12.8 Å². The summed E-state index contributed by atoms with van der Waals surface area (Å²) in [5.41, 5.74) is 2.19. The zero-order valence-electron chi connectivity index (χ0n) is 15.8. The minimum atomic E-state index is 0.119. The number of imidazole rings is 1. The van der Waals surface area contributed by atoms with E-state index in [0.29, 0.717) is 12.5 Å². The van der Waals surface area contributed by atoms with Gasteiger partial charge in [0, 0.05) is 71.6 Å². The molecule has 1 aliphatic heterocycles. The van der Waals surface area contributed by atoms with Gasteiger partial charge >= 0.3 is 0 Å². The van der Waals surface area contributed by atoms with Crippen LogP contribution < -0.4 is 10.2 Å². The fourth-order valence-electron chi connectivity index (χ4n) is 3.13. The Morgan fingerprint density at radius 1 is 1.27 bits per heavy atom. The van der Waals surface area contributed by atoms with E-state index < -0.39 is 0 Å². The number of fused-ring (bicyclic) bond motifs is 1. The molecule has 0 unspecified atom stereocenters. The third-order valence-corrected chi connectivity index (χ3v) is 4.62. The molecule has 26 heavy (non-hydrogen) atoms. The van der Waals surface area contributed by atoms with Crippen molar-refractivity contribution in [2.24, 2.45) is 0 Å². The van der Waals surface area contributed by atoms with E-state index in [0.717, 1.165) is 56.0 Å². The average Bonchev–Trinajstić information content (AvgIpc) is 3.02. The Morgan fingerprint density at radius 3 is 2.77 bits per heavy atom. The molecular formula is C18H27N7O. The summed E-state index contributed by atoms with van der Waals surface area (Å²) in [7, 11) is 3.90. The van der Waals surface area contributed by atoms with Crippen LogP contribution >= 0.6 is 0 Å². The SMILES string of the molecule is CC(=O)N1CCc2nc(N(C)C)nc(NCCCn3ccnc3)c2CC1. The molecule has 140 valence electrons. The van der Waals surface area contributed by atoms with Crippen molar-refractivity contribution < 1.29 is 4.79 Å². The van der Waals surface area contributed by atoms with E-state index >= 15 is 0 Å². The van der Waals surface area contributed by atoms with Crippen LogP contribution in [0.2, 0.25) is 0 Å². The summed E-state index contributed by atoms with van der Waals surface area (Å²) in [5.74, 6) is 1.72. The van der Waals surface area contributed by atoms with Crippen molar-refractivity contribution in [3.63, 3.8) is 0 Å². The molecule has 3 rings (SSSR count). The van der Waals surface area contributed by atoms with Gasteiger partial charge in [-0.2, -0.15) is 4.98 Å². The van der Waals surface area contributed by atoms with Gasteiger partial charge in [-0.1, -0.05) is 0 Å². The van der Waals surface area contributed by atoms with Crippen molar-refractivity contribution >= 4 is 17.7 Å². The van der Waals surface area contributed by atoms with Crippen LogP contribution in [0.15, 0.2) is 18.7 Å². The molecule has 8 heteroatoms. The zero-order chi connectivity index (χ0) is 18.5. The summed E-state index contributed by atoms with van der Waals surface area (Å²) in [5, 5.41) is 3.49. The summed E-state index contributed by atoms with van der Waals surface area (Å²) >= 11 is 0. The van der Waals surface area contributed by atoms with Crippen LogP contribution in [-0.2, 0) is 24.2 Å². The van der Waals surface area contributed by atoms with Crippen molar-refractivity contribution in [1.29, 1.82) is 0 Å². The van der Waals surface area contributed by atoms with Crippen LogP contribution in [0.3, 0.4) is 0 Å². The van der Waals surface area contributed by atoms with Gasteiger partial charge < -0.3 is 19.7 Å². The van der Waals surface area contributed by atoms with E-state index in [-0.39, 0.29) is 5.91 Å². The van der Waals surface area contributed by atoms with E-state index in [4.69, 9.17) is 9.97 Å². The predicted octanol–water partition coefficient (Wildman–Crippen LogP) is 1.19. The molecule has 3 heterocycles. The van der Waals surface area contributed by atoms with E-state index in [1.807, 2.05) is 36.4 Å². The molecular weight excluding hydrogens is 330 g/mol. The van der Waals surface area contributed by atoms with Gasteiger partial charge in [-0.15, -0.1) is 0 Å². The Kier molecular flexibility index (Phi) is 5.70. The third kappa shape index (κ3) is 4.30. The maximum atomic E-state index is 11.7. The van der Waals surface area contributed by atoms with Crippen LogP contribution in [0, 0.1) is 0 Å². The summed E-state index contributed by atoms with van der Waals surface area (Å²) < 4.78 is 2.07. The highest BCUT2D eigenvalue weighted by Crippen LogP contribution is 2.24. The molecule has 0 atom stereocenters. The molecule has 2 aromatic heterocycles. The molecule has 0 spiro atoms. The highest BCUT2D eigenvalue weighted by Gasteiger charge is 2.21. The van der Waals surface area contributed by atoms with Gasteiger partial charge in [0.25, 0.3) is 0 Å². The standard InChI is InChI=1S/C18H27N7O/c1-14(26)25-10-5-15-16(6-11-25)21-18(23(2)3)22-17(15)20-7-4-9-24-12-8-19-13-24/h8,12-13H,4-7,9-11H2,1-3H3,(H,20,21,22). The van der Waals surface area contributed by atoms with Crippen LogP contribution in [0.25, 0.3) is 0 Å². The number of nitrogens with zero attached hydrogens (tertiary/aromatic N) is 6. The number of amides is 1. The quantitative estimate of drug-likeness (QED) is 0.783. The second-order valence-electron chi connectivity index (χ2n) is 6.78. The lowest BCUT2D eigenvalue weighted by Gasteiger charge is -2.18. The Morgan fingerprint density at radius 2 is 2.08 bits per heavy atom. The highest BCUT2D eigenvalue weighted by molar-refractivity contribution is 5.73. The van der Waals surface area contributed by atoms with Gasteiger partial charge in [-0.3, -0.25) is 4.79 Å². The predicted molar refractivity (Wildman–Crippen MR) is 101 cm³/mol. The fraction of sp³-hybridized carbons (Fsp3) is 0.556. The van der Waals surface area contributed by atoms with E-state index in [9.17, 15) is 4.79 Å². The van der Waals surface area contributed by atoms with E-state index in [1.165, 1.54) is 0 Å². The van der Waals surface area contributed by atoms with Crippen LogP contribution in [0.5, 0.6) is 0 Å². The number of carbonyl (C=O) groups excluding carboxylic acids is 1. The fourth-order valence-corrected chi connectivity index (χ4v) is 3.13. The Labute approximate surface area is 154 Å². The number of rotatable bonds is 6. The topological polar surface area (TPSA) is 79.2 Å². The smallest absolute Gasteiger partial charge is 0.227 e. The van der Waals surface area contributed by atoms with Gasteiger partial charge in [0.2, 0.25) is 11.9 Å². The van der Waals surface area contributed by atoms with Crippen LogP contribution in [0.1, 0.15) is 24.6 Å². The third-order valence-electron chi connectivity index (χ3n) is 4.62. The first kappa shape index (κ1) is 18.2. The molecule has 1 amide bonds. The molecule has 0 bridgehead atoms. The maximum absolute atomic E-state index is 11.7. The monoisotopic (exact) mass is 357 g/mol. The number of anilines is 2. The van der Waals surface area contributed by atoms with E-state index in [2.05, 4.69) is 14.9 Å². The van der Waals surface area contributed by atoms with Crippen molar-refractivity contribution in [3.8, 4) is 0 Å². The average molecular weight is 357 g/mol. The summed E-state index contributed by atoms with van der Waals surface area (Å²) in [4.78, 5) is 29.1. The molecule has 0 aromatic carbocycles.